The molecule has 0 bridgehead atoms. The molecule has 2 fully saturated rings. The van der Waals surface area contributed by atoms with E-state index in [9.17, 15) is 4.79 Å². The Morgan fingerprint density at radius 3 is 2.91 bits per heavy atom. The molecule has 116 valence electrons. The van der Waals surface area contributed by atoms with Crippen molar-refractivity contribution in [1.29, 1.82) is 0 Å². The van der Waals surface area contributed by atoms with Gasteiger partial charge in [0.2, 0.25) is 5.91 Å². The normalized spacial score (nSPS) is 22.5. The van der Waals surface area contributed by atoms with Gasteiger partial charge < -0.3 is 15.1 Å². The Balaban J connectivity index is 1.45. The number of nitrogens with zero attached hydrogens (tertiary/aromatic N) is 4. The lowest BCUT2D eigenvalue weighted by molar-refractivity contribution is -0.133. The minimum atomic E-state index is 0.0363. The first-order valence-electron chi connectivity index (χ1n) is 7.78. The van der Waals surface area contributed by atoms with Gasteiger partial charge in [0.25, 0.3) is 0 Å². The van der Waals surface area contributed by atoms with E-state index in [0.717, 1.165) is 61.6 Å². The Bertz CT molecular complexity index is 673. The molecule has 0 saturated carbocycles. The van der Waals surface area contributed by atoms with Crippen molar-refractivity contribution < 1.29 is 4.79 Å². The van der Waals surface area contributed by atoms with Crippen LogP contribution in [-0.2, 0) is 4.79 Å². The molecule has 0 radical (unpaired) electrons. The Hall–Kier alpha value is -1.73. The molecule has 0 aliphatic carbocycles. The second-order valence-corrected chi connectivity index (χ2v) is 6.69. The lowest BCUT2D eigenvalue weighted by Crippen LogP contribution is -2.53. The number of hydrogen-bond acceptors (Lipinski definition) is 6. The van der Waals surface area contributed by atoms with Crippen LogP contribution >= 0.6 is 11.3 Å². The van der Waals surface area contributed by atoms with E-state index < -0.39 is 0 Å². The largest absolute Gasteiger partial charge is 0.352 e. The van der Waals surface area contributed by atoms with Crippen molar-refractivity contribution in [1.82, 2.24) is 20.2 Å². The summed E-state index contributed by atoms with van der Waals surface area (Å²) in [6.45, 7) is 4.17. The average molecular weight is 317 g/mol. The first-order valence-corrected chi connectivity index (χ1v) is 8.66. The van der Waals surface area contributed by atoms with Crippen LogP contribution in [0.5, 0.6) is 0 Å². The van der Waals surface area contributed by atoms with Gasteiger partial charge >= 0.3 is 0 Å². The summed E-state index contributed by atoms with van der Waals surface area (Å²) in [5.41, 5.74) is 0. The van der Waals surface area contributed by atoms with Crippen LogP contribution in [0, 0.1) is 0 Å². The van der Waals surface area contributed by atoms with Gasteiger partial charge in [0.15, 0.2) is 0 Å². The monoisotopic (exact) mass is 317 g/mol. The number of amides is 1. The molecule has 1 atom stereocenters. The Morgan fingerprint density at radius 2 is 2.14 bits per heavy atom. The maximum atomic E-state index is 12.4. The van der Waals surface area contributed by atoms with Crippen LogP contribution in [0.2, 0.25) is 0 Å². The summed E-state index contributed by atoms with van der Waals surface area (Å²) >= 11 is 1.64. The van der Waals surface area contributed by atoms with Crippen LogP contribution in [0.4, 0.5) is 5.82 Å². The highest BCUT2D eigenvalue weighted by molar-refractivity contribution is 7.16. The standard InChI is InChI=1S/C15H19N5OS/c21-15(12-2-1-4-16-12)20-7-5-19(6-8-20)13-11-3-9-22-14(11)18-10-17-13/h3,9-10,12,16H,1-2,4-8H2. The molecule has 0 spiro atoms. The van der Waals surface area contributed by atoms with E-state index in [2.05, 4.69) is 26.3 Å². The van der Waals surface area contributed by atoms with Crippen LogP contribution in [0.15, 0.2) is 17.8 Å². The van der Waals surface area contributed by atoms with Crippen molar-refractivity contribution >= 4 is 33.3 Å². The fourth-order valence-electron chi connectivity index (χ4n) is 3.28. The van der Waals surface area contributed by atoms with Gasteiger partial charge in [0, 0.05) is 26.2 Å². The number of fused-ring (bicyclic) bond motifs is 1. The van der Waals surface area contributed by atoms with Gasteiger partial charge in [0.1, 0.15) is 17.0 Å². The Labute approximate surface area is 133 Å². The van der Waals surface area contributed by atoms with Crippen molar-refractivity contribution in [2.45, 2.75) is 18.9 Å². The SMILES string of the molecule is O=C(C1CCCN1)N1CCN(c2ncnc3sccc23)CC1. The minimum absolute atomic E-state index is 0.0363. The highest BCUT2D eigenvalue weighted by atomic mass is 32.1. The molecule has 1 amide bonds. The number of anilines is 1. The second-order valence-electron chi connectivity index (χ2n) is 5.80. The van der Waals surface area contributed by atoms with E-state index in [1.54, 1.807) is 17.7 Å². The maximum absolute atomic E-state index is 12.4. The first kappa shape index (κ1) is 13.9. The topological polar surface area (TPSA) is 61.4 Å². The third-order valence-corrected chi connectivity index (χ3v) is 5.31. The minimum Gasteiger partial charge on any atom is -0.352 e. The summed E-state index contributed by atoms with van der Waals surface area (Å²) in [5, 5.41) is 6.46. The number of thiophene rings is 1. The summed E-state index contributed by atoms with van der Waals surface area (Å²) < 4.78 is 0. The molecule has 0 aromatic carbocycles. The van der Waals surface area contributed by atoms with Crippen LogP contribution in [0.1, 0.15) is 12.8 Å². The molecule has 2 aliphatic rings. The molecule has 2 aromatic rings. The predicted octanol–water partition coefficient (Wildman–Crippen LogP) is 1.09. The number of rotatable bonds is 2. The average Bonchev–Trinajstić information content (AvgIpc) is 3.25. The smallest absolute Gasteiger partial charge is 0.239 e. The molecule has 1 N–H and O–H groups in total. The second kappa shape index (κ2) is 5.81. The molecular formula is C15H19N5OS. The van der Waals surface area contributed by atoms with E-state index >= 15 is 0 Å². The molecule has 1 unspecified atom stereocenters. The van der Waals surface area contributed by atoms with Gasteiger partial charge in [-0.1, -0.05) is 0 Å². The summed E-state index contributed by atoms with van der Waals surface area (Å²) in [6.07, 6.45) is 3.71. The zero-order valence-electron chi connectivity index (χ0n) is 12.4. The predicted molar refractivity (Wildman–Crippen MR) is 87.2 cm³/mol. The molecule has 7 heteroatoms. The number of carbonyl (C=O) groups excluding carboxylic acids is 1. The molecule has 4 heterocycles. The lowest BCUT2D eigenvalue weighted by Gasteiger charge is -2.36. The molecular weight excluding hydrogens is 298 g/mol. The first-order chi connectivity index (χ1) is 10.8. The highest BCUT2D eigenvalue weighted by Gasteiger charge is 2.29. The van der Waals surface area contributed by atoms with Gasteiger partial charge in [-0.15, -0.1) is 11.3 Å². The van der Waals surface area contributed by atoms with Gasteiger partial charge in [-0.05, 0) is 30.8 Å². The maximum Gasteiger partial charge on any atom is 0.239 e. The zero-order valence-corrected chi connectivity index (χ0v) is 13.2. The van der Waals surface area contributed by atoms with Crippen molar-refractivity contribution in [3.8, 4) is 0 Å². The van der Waals surface area contributed by atoms with E-state index in [4.69, 9.17) is 0 Å². The van der Waals surface area contributed by atoms with Gasteiger partial charge in [-0.3, -0.25) is 4.79 Å². The fourth-order valence-corrected chi connectivity index (χ4v) is 4.01. The third-order valence-electron chi connectivity index (χ3n) is 4.49. The summed E-state index contributed by atoms with van der Waals surface area (Å²) in [4.78, 5) is 26.5. The zero-order chi connectivity index (χ0) is 14.9. The summed E-state index contributed by atoms with van der Waals surface area (Å²) in [6, 6.07) is 2.11. The van der Waals surface area contributed by atoms with Crippen molar-refractivity contribution in [2.24, 2.45) is 0 Å². The lowest BCUT2D eigenvalue weighted by atomic mass is 10.2. The molecule has 4 rings (SSSR count). The number of aromatic nitrogens is 2. The van der Waals surface area contributed by atoms with Crippen LogP contribution in [0.25, 0.3) is 10.2 Å². The quantitative estimate of drug-likeness (QED) is 0.898. The van der Waals surface area contributed by atoms with Gasteiger partial charge in [-0.25, -0.2) is 9.97 Å². The number of hydrogen-bond donors (Lipinski definition) is 1. The van der Waals surface area contributed by atoms with E-state index in [-0.39, 0.29) is 11.9 Å². The number of nitrogens with one attached hydrogen (secondary N) is 1. The highest BCUT2D eigenvalue weighted by Crippen LogP contribution is 2.27. The molecule has 2 aliphatic heterocycles. The Morgan fingerprint density at radius 1 is 1.27 bits per heavy atom. The van der Waals surface area contributed by atoms with Crippen LogP contribution in [0.3, 0.4) is 0 Å². The van der Waals surface area contributed by atoms with Crippen molar-refractivity contribution in [2.75, 3.05) is 37.6 Å². The van der Waals surface area contributed by atoms with Crippen molar-refractivity contribution in [3.63, 3.8) is 0 Å². The van der Waals surface area contributed by atoms with E-state index in [1.165, 1.54) is 0 Å². The third kappa shape index (κ3) is 2.44. The number of carbonyl (C=O) groups is 1. The summed E-state index contributed by atoms with van der Waals surface area (Å²) in [5.74, 6) is 1.26. The van der Waals surface area contributed by atoms with Gasteiger partial charge in [-0.2, -0.15) is 0 Å². The molecule has 6 nitrogen and oxygen atoms in total. The van der Waals surface area contributed by atoms with E-state index in [1.807, 2.05) is 10.3 Å². The van der Waals surface area contributed by atoms with Crippen molar-refractivity contribution in [3.05, 3.63) is 17.8 Å². The molecule has 2 aromatic heterocycles. The van der Waals surface area contributed by atoms with Gasteiger partial charge in [0.05, 0.1) is 11.4 Å². The van der Waals surface area contributed by atoms with Crippen LogP contribution in [-0.4, -0.2) is 59.5 Å². The number of piperazine rings is 1. The summed E-state index contributed by atoms with van der Waals surface area (Å²) in [7, 11) is 0. The Kier molecular flexibility index (Phi) is 3.67. The molecule has 22 heavy (non-hydrogen) atoms. The van der Waals surface area contributed by atoms with Crippen LogP contribution < -0.4 is 10.2 Å². The van der Waals surface area contributed by atoms with E-state index in [0.29, 0.717) is 0 Å². The molecule has 2 saturated heterocycles. The fraction of sp³-hybridized carbons (Fsp3) is 0.533.